The molecular weight excluding hydrogens is 486 g/mol. The van der Waals surface area contributed by atoms with E-state index >= 15 is 0 Å². The van der Waals surface area contributed by atoms with Crippen LogP contribution < -0.4 is 15.2 Å². The SMILES string of the molecule is Cc1cccc(-c2sc(C)nc2C(=O)N2[C@H](CN)C[C@@H]3C[C@@H]32)c1.O=C(O)c1scc2c1OCCO2. The topological polar surface area (TPSA) is 115 Å². The van der Waals surface area contributed by atoms with Gasteiger partial charge in [0, 0.05) is 24.0 Å². The van der Waals surface area contributed by atoms with Crippen LogP contribution >= 0.6 is 22.7 Å². The molecule has 1 saturated carbocycles. The molecule has 35 heavy (non-hydrogen) atoms. The van der Waals surface area contributed by atoms with Crippen LogP contribution in [0.3, 0.4) is 0 Å². The lowest BCUT2D eigenvalue weighted by molar-refractivity contribution is 0.0687. The van der Waals surface area contributed by atoms with Crippen LogP contribution in [0.1, 0.15) is 43.6 Å². The number of hydrogen-bond acceptors (Lipinski definition) is 8. The van der Waals surface area contributed by atoms with E-state index in [1.165, 1.54) is 5.56 Å². The van der Waals surface area contributed by atoms with Crippen LogP contribution in [0.15, 0.2) is 29.6 Å². The third-order valence-corrected chi connectivity index (χ3v) is 8.38. The summed E-state index contributed by atoms with van der Waals surface area (Å²) in [7, 11) is 0. The van der Waals surface area contributed by atoms with E-state index < -0.39 is 5.97 Å². The lowest BCUT2D eigenvalue weighted by Gasteiger charge is -2.26. The Kier molecular flexibility index (Phi) is 6.52. The van der Waals surface area contributed by atoms with Crippen molar-refractivity contribution in [1.29, 1.82) is 0 Å². The van der Waals surface area contributed by atoms with Crippen LogP contribution in [0.5, 0.6) is 11.5 Å². The molecule has 3 N–H and O–H groups in total. The van der Waals surface area contributed by atoms with Gasteiger partial charge in [0.25, 0.3) is 5.91 Å². The molecule has 3 atom stereocenters. The van der Waals surface area contributed by atoms with Crippen molar-refractivity contribution in [1.82, 2.24) is 9.88 Å². The number of aromatic nitrogens is 1. The number of benzene rings is 1. The highest BCUT2D eigenvalue weighted by Crippen LogP contribution is 2.48. The molecule has 0 spiro atoms. The maximum absolute atomic E-state index is 13.2. The van der Waals surface area contributed by atoms with Gasteiger partial charge in [0.2, 0.25) is 0 Å². The molecule has 1 saturated heterocycles. The number of carboxylic acids is 1. The largest absolute Gasteiger partial charge is 0.485 e. The van der Waals surface area contributed by atoms with E-state index in [1.54, 1.807) is 16.7 Å². The number of nitrogens with zero attached hydrogens (tertiary/aromatic N) is 2. The summed E-state index contributed by atoms with van der Waals surface area (Å²) >= 11 is 2.72. The summed E-state index contributed by atoms with van der Waals surface area (Å²) in [6, 6.07) is 8.85. The van der Waals surface area contributed by atoms with Crippen LogP contribution in [0.4, 0.5) is 0 Å². The number of ether oxygens (including phenoxy) is 2. The minimum Gasteiger partial charge on any atom is -0.485 e. The number of rotatable bonds is 4. The first-order valence-electron chi connectivity index (χ1n) is 11.5. The predicted octanol–water partition coefficient (Wildman–Crippen LogP) is 4.21. The number of thiazole rings is 1. The second kappa shape index (κ2) is 9.60. The smallest absolute Gasteiger partial charge is 0.349 e. The van der Waals surface area contributed by atoms with E-state index in [4.69, 9.17) is 20.3 Å². The number of aromatic carboxylic acids is 1. The van der Waals surface area contributed by atoms with Gasteiger partial charge in [-0.3, -0.25) is 4.79 Å². The van der Waals surface area contributed by atoms with Crippen LogP contribution in [-0.2, 0) is 0 Å². The predicted molar refractivity (Wildman–Crippen MR) is 135 cm³/mol. The third-order valence-electron chi connectivity index (χ3n) is 6.43. The van der Waals surface area contributed by atoms with Gasteiger partial charge in [-0.1, -0.05) is 29.8 Å². The van der Waals surface area contributed by atoms with Crippen molar-refractivity contribution in [3.8, 4) is 21.9 Å². The maximum Gasteiger partial charge on any atom is 0.349 e. The van der Waals surface area contributed by atoms with Gasteiger partial charge in [0.1, 0.15) is 18.9 Å². The normalized spacial score (nSPS) is 21.7. The fraction of sp³-hybridized carbons (Fsp3) is 0.400. The number of amides is 1. The van der Waals surface area contributed by atoms with Gasteiger partial charge < -0.3 is 25.2 Å². The summed E-state index contributed by atoms with van der Waals surface area (Å²) in [5.74, 6) is 0.676. The van der Waals surface area contributed by atoms with Gasteiger partial charge in [-0.05, 0) is 38.2 Å². The maximum atomic E-state index is 13.2. The molecule has 8 nitrogen and oxygen atoms in total. The van der Waals surface area contributed by atoms with E-state index in [0.29, 0.717) is 48.9 Å². The zero-order chi connectivity index (χ0) is 24.7. The molecule has 2 aliphatic heterocycles. The second-order valence-electron chi connectivity index (χ2n) is 8.94. The monoisotopic (exact) mass is 513 g/mol. The Morgan fingerprint density at radius 2 is 2.03 bits per heavy atom. The number of piperidine rings is 1. The molecule has 0 unspecified atom stereocenters. The lowest BCUT2D eigenvalue weighted by Crippen LogP contribution is -2.42. The summed E-state index contributed by atoms with van der Waals surface area (Å²) in [5, 5.41) is 11.3. The Balaban J connectivity index is 0.000000178. The fourth-order valence-electron chi connectivity index (χ4n) is 4.77. The highest BCUT2D eigenvalue weighted by Gasteiger charge is 2.54. The summed E-state index contributed by atoms with van der Waals surface area (Å²) in [6.07, 6.45) is 2.18. The highest BCUT2D eigenvalue weighted by molar-refractivity contribution is 7.15. The molecule has 0 radical (unpaired) electrons. The molecule has 6 rings (SSSR count). The van der Waals surface area contributed by atoms with E-state index in [-0.39, 0.29) is 16.8 Å². The van der Waals surface area contributed by atoms with Gasteiger partial charge in [-0.25, -0.2) is 9.78 Å². The van der Waals surface area contributed by atoms with Crippen molar-refractivity contribution in [3.05, 3.63) is 50.8 Å². The molecule has 10 heteroatoms. The van der Waals surface area contributed by atoms with E-state index in [9.17, 15) is 9.59 Å². The molecule has 4 heterocycles. The first kappa shape index (κ1) is 23.8. The lowest BCUT2D eigenvalue weighted by atomic mass is 10.1. The molecule has 184 valence electrons. The molecule has 1 aliphatic carbocycles. The summed E-state index contributed by atoms with van der Waals surface area (Å²) in [5.41, 5.74) is 8.75. The molecule has 1 aromatic carbocycles. The quantitative estimate of drug-likeness (QED) is 0.537. The van der Waals surface area contributed by atoms with Crippen molar-refractivity contribution in [3.63, 3.8) is 0 Å². The van der Waals surface area contributed by atoms with Crippen LogP contribution in [-0.4, -0.2) is 58.7 Å². The van der Waals surface area contributed by atoms with Crippen molar-refractivity contribution in [2.45, 2.75) is 38.8 Å². The van der Waals surface area contributed by atoms with Gasteiger partial charge >= 0.3 is 5.97 Å². The Morgan fingerprint density at radius 1 is 1.23 bits per heavy atom. The number of carbonyl (C=O) groups excluding carboxylic acids is 1. The van der Waals surface area contributed by atoms with E-state index in [1.807, 2.05) is 17.9 Å². The minimum absolute atomic E-state index is 0.0614. The molecule has 2 fully saturated rings. The van der Waals surface area contributed by atoms with Gasteiger partial charge in [-0.15, -0.1) is 22.7 Å². The first-order chi connectivity index (χ1) is 16.9. The number of likely N-dealkylation sites (tertiary alicyclic amines) is 1. The minimum atomic E-state index is -0.966. The van der Waals surface area contributed by atoms with E-state index in [2.05, 4.69) is 30.1 Å². The van der Waals surface area contributed by atoms with Gasteiger partial charge in [-0.2, -0.15) is 0 Å². The number of carbonyl (C=O) groups is 2. The Labute approximate surface area is 211 Å². The molecular formula is C25H27N3O5S2. The average molecular weight is 514 g/mol. The summed E-state index contributed by atoms with van der Waals surface area (Å²) < 4.78 is 10.3. The Hall–Kier alpha value is -2.95. The van der Waals surface area contributed by atoms with E-state index in [0.717, 1.165) is 39.6 Å². The van der Waals surface area contributed by atoms with Crippen molar-refractivity contribution < 1.29 is 24.2 Å². The number of hydrogen-bond donors (Lipinski definition) is 2. The van der Waals surface area contributed by atoms with Crippen LogP contribution in [0.25, 0.3) is 10.4 Å². The molecule has 0 bridgehead atoms. The summed E-state index contributed by atoms with van der Waals surface area (Å²) in [6.45, 7) is 5.48. The zero-order valence-corrected chi connectivity index (χ0v) is 21.2. The number of aryl methyl sites for hydroxylation is 2. The Bertz CT molecular complexity index is 1270. The molecule has 1 amide bonds. The van der Waals surface area contributed by atoms with Crippen LogP contribution in [0.2, 0.25) is 0 Å². The Morgan fingerprint density at radius 3 is 2.77 bits per heavy atom. The van der Waals surface area contributed by atoms with Crippen molar-refractivity contribution in [2.24, 2.45) is 11.7 Å². The second-order valence-corrected chi connectivity index (χ2v) is 11.0. The molecule has 3 aliphatic rings. The van der Waals surface area contributed by atoms with Crippen molar-refractivity contribution in [2.75, 3.05) is 19.8 Å². The summed E-state index contributed by atoms with van der Waals surface area (Å²) in [4.78, 5) is 31.5. The standard InChI is InChI=1S/C18H21N3OS.C7H6O4S/c1-10-4-3-5-12(6-10)17-16(20-11(2)23-17)18(22)21-14(9-19)7-13-8-15(13)21;8-7(9)6-5-4(3-12-6)10-1-2-11-5/h3-6,13-15H,7-9,19H2,1-2H3;3H,1-2H2,(H,8,9)/t13-,14+,15+;/m1./s1. The van der Waals surface area contributed by atoms with Crippen LogP contribution in [0, 0.1) is 19.8 Å². The zero-order valence-electron chi connectivity index (χ0n) is 19.5. The average Bonchev–Trinajstić information content (AvgIpc) is 3.18. The van der Waals surface area contributed by atoms with Gasteiger partial charge in [0.05, 0.1) is 9.88 Å². The molecule has 3 aromatic rings. The third kappa shape index (κ3) is 4.65. The first-order valence-corrected chi connectivity index (χ1v) is 13.2. The fourth-order valence-corrected chi connectivity index (χ4v) is 6.45. The number of carboxylic acid groups (broad SMARTS) is 1. The number of nitrogens with two attached hydrogens (primary N) is 1. The number of thiophene rings is 1. The highest BCUT2D eigenvalue weighted by atomic mass is 32.1. The van der Waals surface area contributed by atoms with Gasteiger partial charge in [0.15, 0.2) is 16.4 Å². The number of fused-ring (bicyclic) bond motifs is 2. The molecule has 2 aromatic heterocycles. The van der Waals surface area contributed by atoms with Crippen molar-refractivity contribution >= 4 is 34.6 Å².